The maximum Gasteiger partial charge on any atom is 0.307 e. The molecule has 0 aromatic heterocycles. The zero-order valence-corrected chi connectivity index (χ0v) is 16.5. The van der Waals surface area contributed by atoms with Crippen LogP contribution in [0.25, 0.3) is 0 Å². The average Bonchev–Trinajstić information content (AvgIpc) is 2.49. The fourth-order valence-corrected chi connectivity index (χ4v) is 2.44. The van der Waals surface area contributed by atoms with Gasteiger partial charge in [-0.05, 0) is 26.7 Å². The molecule has 2 unspecified atom stereocenters. The molecule has 0 aliphatic carbocycles. The van der Waals surface area contributed by atoms with Crippen molar-refractivity contribution in [2.75, 3.05) is 13.4 Å². The summed E-state index contributed by atoms with van der Waals surface area (Å²) in [6.45, 7) is 2.50. The highest BCUT2D eigenvalue weighted by atomic mass is 32.2. The summed E-state index contributed by atoms with van der Waals surface area (Å²) in [7, 11) is -6.33. The normalized spacial score (nSPS) is 14.6. The lowest BCUT2D eigenvalue weighted by atomic mass is 10.1. The van der Waals surface area contributed by atoms with Gasteiger partial charge in [-0.1, -0.05) is 12.8 Å². The van der Waals surface area contributed by atoms with Gasteiger partial charge in [-0.3, -0.25) is 13.8 Å². The van der Waals surface area contributed by atoms with Crippen LogP contribution in [0.1, 0.15) is 52.4 Å². The molecule has 2 atom stereocenters. The average molecular weight is 402 g/mol. The first kappa shape index (κ1) is 23.8. The van der Waals surface area contributed by atoms with E-state index >= 15 is 0 Å². The summed E-state index contributed by atoms with van der Waals surface area (Å²) in [4.78, 5) is 23.0. The summed E-state index contributed by atoms with van der Waals surface area (Å²) in [6, 6.07) is 0. The Morgan fingerprint density at radius 3 is 1.56 bits per heavy atom. The van der Waals surface area contributed by atoms with E-state index in [0.717, 1.165) is 13.4 Å². The standard InChI is InChI=1S/C14H26O9S2/c1-11(24(4,17)18)22-13(15)9-7-5-6-8-10-14(16)23-12(2)25(19,20)21-3/h11-12H,5-10H2,1-4H3. The number of unbranched alkanes of at least 4 members (excludes halogenated alkanes) is 3. The van der Waals surface area contributed by atoms with E-state index in [9.17, 15) is 26.4 Å². The summed E-state index contributed by atoms with van der Waals surface area (Å²) < 4.78 is 58.6. The Kier molecular flexibility index (Phi) is 10.2. The fraction of sp³-hybridized carbons (Fsp3) is 0.857. The molecule has 0 aromatic carbocycles. The Labute approximate surface area is 149 Å². The second-order valence-electron chi connectivity index (χ2n) is 5.52. The third kappa shape index (κ3) is 10.4. The summed E-state index contributed by atoms with van der Waals surface area (Å²) in [5, 5.41) is 0. The number of rotatable bonds is 12. The second-order valence-corrected chi connectivity index (χ2v) is 9.82. The molecular weight excluding hydrogens is 376 g/mol. The van der Waals surface area contributed by atoms with Gasteiger partial charge in [0.15, 0.2) is 15.3 Å². The second kappa shape index (κ2) is 10.7. The Morgan fingerprint density at radius 2 is 1.20 bits per heavy atom. The van der Waals surface area contributed by atoms with Crippen LogP contribution in [0.15, 0.2) is 0 Å². The van der Waals surface area contributed by atoms with Crippen LogP contribution in [-0.4, -0.2) is 53.0 Å². The first-order chi connectivity index (χ1) is 11.4. The molecule has 0 saturated heterocycles. The molecule has 9 nitrogen and oxygen atoms in total. The van der Waals surface area contributed by atoms with E-state index in [1.165, 1.54) is 13.8 Å². The van der Waals surface area contributed by atoms with Crippen LogP contribution in [0.2, 0.25) is 0 Å². The van der Waals surface area contributed by atoms with Crippen molar-refractivity contribution in [1.82, 2.24) is 0 Å². The molecule has 0 aliphatic heterocycles. The van der Waals surface area contributed by atoms with Gasteiger partial charge in [0.05, 0.1) is 7.11 Å². The van der Waals surface area contributed by atoms with Crippen molar-refractivity contribution in [3.8, 4) is 0 Å². The van der Waals surface area contributed by atoms with Crippen molar-refractivity contribution < 1.29 is 40.1 Å². The Hall–Kier alpha value is -1.20. The third-order valence-electron chi connectivity index (χ3n) is 3.35. The number of hydrogen-bond donors (Lipinski definition) is 0. The van der Waals surface area contributed by atoms with E-state index in [1.54, 1.807) is 0 Å². The Balaban J connectivity index is 3.87. The van der Waals surface area contributed by atoms with Crippen molar-refractivity contribution in [3.05, 3.63) is 0 Å². The van der Waals surface area contributed by atoms with Crippen LogP contribution in [-0.2, 0) is 43.2 Å². The summed E-state index contributed by atoms with van der Waals surface area (Å²) in [5.41, 5.74) is -2.53. The molecule has 0 bridgehead atoms. The lowest BCUT2D eigenvalue weighted by molar-refractivity contribution is -0.146. The fourth-order valence-electron chi connectivity index (χ4n) is 1.66. The SMILES string of the molecule is COS(=O)(=O)C(C)OC(=O)CCCCCCC(=O)OC(C)S(C)(=O)=O. The zero-order chi connectivity index (χ0) is 19.7. The van der Waals surface area contributed by atoms with Gasteiger partial charge in [-0.25, -0.2) is 8.42 Å². The zero-order valence-electron chi connectivity index (χ0n) is 14.9. The maximum absolute atomic E-state index is 11.5. The van der Waals surface area contributed by atoms with Crippen LogP contribution in [0.5, 0.6) is 0 Å². The molecule has 0 aliphatic rings. The molecule has 148 valence electrons. The first-order valence-electron chi connectivity index (χ1n) is 7.77. The molecule has 0 heterocycles. The van der Waals surface area contributed by atoms with E-state index in [0.29, 0.717) is 25.7 Å². The molecule has 0 amide bonds. The third-order valence-corrected chi connectivity index (χ3v) is 6.02. The van der Waals surface area contributed by atoms with E-state index in [1.807, 2.05) is 0 Å². The Bertz CT molecular complexity index is 637. The van der Waals surface area contributed by atoms with Gasteiger partial charge < -0.3 is 9.47 Å². The lowest BCUT2D eigenvalue weighted by Gasteiger charge is -2.12. The van der Waals surface area contributed by atoms with Crippen molar-refractivity contribution in [1.29, 1.82) is 0 Å². The van der Waals surface area contributed by atoms with Crippen molar-refractivity contribution in [3.63, 3.8) is 0 Å². The number of ether oxygens (including phenoxy) is 2. The topological polar surface area (TPSA) is 130 Å². The van der Waals surface area contributed by atoms with E-state index in [2.05, 4.69) is 4.18 Å². The molecule has 0 fully saturated rings. The quantitative estimate of drug-likeness (QED) is 0.268. The van der Waals surface area contributed by atoms with E-state index in [4.69, 9.17) is 9.47 Å². The molecule has 0 spiro atoms. The van der Waals surface area contributed by atoms with Crippen molar-refractivity contribution in [2.24, 2.45) is 0 Å². The van der Waals surface area contributed by atoms with Gasteiger partial charge in [-0.2, -0.15) is 8.42 Å². The minimum absolute atomic E-state index is 0.0547. The molecule has 0 saturated carbocycles. The van der Waals surface area contributed by atoms with Crippen molar-refractivity contribution >= 4 is 31.9 Å². The molecule has 0 radical (unpaired) electrons. The molecular formula is C14H26O9S2. The molecule has 11 heteroatoms. The van der Waals surface area contributed by atoms with Crippen LogP contribution in [0, 0.1) is 0 Å². The van der Waals surface area contributed by atoms with Crippen LogP contribution in [0.3, 0.4) is 0 Å². The summed E-state index contributed by atoms with van der Waals surface area (Å²) in [5.74, 6) is -1.23. The summed E-state index contributed by atoms with van der Waals surface area (Å²) in [6.07, 6.45) is 3.39. The van der Waals surface area contributed by atoms with Gasteiger partial charge in [0.2, 0.25) is 5.44 Å². The first-order valence-corrected chi connectivity index (χ1v) is 11.2. The summed E-state index contributed by atoms with van der Waals surface area (Å²) >= 11 is 0. The number of hydrogen-bond acceptors (Lipinski definition) is 9. The van der Waals surface area contributed by atoms with Gasteiger partial charge >= 0.3 is 22.1 Å². The molecule has 0 aromatic rings. The molecule has 0 N–H and O–H groups in total. The monoisotopic (exact) mass is 402 g/mol. The number of esters is 2. The molecule has 25 heavy (non-hydrogen) atoms. The van der Waals surface area contributed by atoms with Crippen LogP contribution >= 0.6 is 0 Å². The predicted octanol–water partition coefficient (Wildman–Crippen LogP) is 1.13. The predicted molar refractivity (Wildman–Crippen MR) is 89.6 cm³/mol. The highest BCUT2D eigenvalue weighted by molar-refractivity contribution is 7.91. The van der Waals surface area contributed by atoms with Crippen LogP contribution < -0.4 is 0 Å². The lowest BCUT2D eigenvalue weighted by Crippen LogP contribution is -2.25. The van der Waals surface area contributed by atoms with Crippen molar-refractivity contribution in [2.45, 2.75) is 63.2 Å². The van der Waals surface area contributed by atoms with E-state index < -0.39 is 42.8 Å². The van der Waals surface area contributed by atoms with Gasteiger partial charge in [0.25, 0.3) is 0 Å². The van der Waals surface area contributed by atoms with Gasteiger partial charge in [-0.15, -0.1) is 0 Å². The largest absolute Gasteiger partial charge is 0.446 e. The highest BCUT2D eigenvalue weighted by Crippen LogP contribution is 2.11. The maximum atomic E-state index is 11.5. The number of carbonyl (C=O) groups is 2. The highest BCUT2D eigenvalue weighted by Gasteiger charge is 2.24. The van der Waals surface area contributed by atoms with E-state index in [-0.39, 0.29) is 12.8 Å². The van der Waals surface area contributed by atoms with Gasteiger partial charge in [0.1, 0.15) is 0 Å². The molecule has 0 rings (SSSR count). The number of sulfone groups is 1. The number of carbonyl (C=O) groups excluding carboxylic acids is 2. The Morgan fingerprint density at radius 1 is 0.800 bits per heavy atom. The minimum Gasteiger partial charge on any atom is -0.446 e. The smallest absolute Gasteiger partial charge is 0.307 e. The van der Waals surface area contributed by atoms with Gasteiger partial charge in [0, 0.05) is 19.1 Å². The minimum atomic E-state index is -3.90. The van der Waals surface area contributed by atoms with Crippen LogP contribution in [0.4, 0.5) is 0 Å².